The number of rotatable bonds is 5. The number of aryl methyl sites for hydroxylation is 2. The maximum Gasteiger partial charge on any atom is 0.356 e. The molecule has 3 aromatic rings. The van der Waals surface area contributed by atoms with E-state index < -0.39 is 5.97 Å². The summed E-state index contributed by atoms with van der Waals surface area (Å²) in [6, 6.07) is 9.00. The Morgan fingerprint density at radius 3 is 2.74 bits per heavy atom. The maximum atomic E-state index is 12.0. The van der Waals surface area contributed by atoms with E-state index in [1.165, 1.54) is 16.9 Å². The van der Waals surface area contributed by atoms with Crippen LogP contribution in [-0.4, -0.2) is 36.3 Å². The minimum absolute atomic E-state index is 0.0410. The highest BCUT2D eigenvalue weighted by Gasteiger charge is 2.11. The van der Waals surface area contributed by atoms with Crippen LogP contribution in [0.5, 0.6) is 0 Å². The first-order valence-electron chi connectivity index (χ1n) is 7.02. The second-order valence-corrected chi connectivity index (χ2v) is 5.05. The number of carbonyl (C=O) groups is 2. The van der Waals surface area contributed by atoms with E-state index in [0.717, 1.165) is 11.0 Å². The maximum absolute atomic E-state index is 12.0. The van der Waals surface area contributed by atoms with Gasteiger partial charge in [0.25, 0.3) is 0 Å². The minimum atomic E-state index is -1.09. The zero-order valence-electron chi connectivity index (χ0n) is 12.4. The number of anilines is 1. The predicted molar refractivity (Wildman–Crippen MR) is 83.1 cm³/mol. The first-order valence-corrected chi connectivity index (χ1v) is 7.02. The second-order valence-electron chi connectivity index (χ2n) is 5.05. The van der Waals surface area contributed by atoms with Crippen molar-refractivity contribution in [1.82, 2.24) is 19.3 Å². The number of carboxylic acids is 1. The van der Waals surface area contributed by atoms with E-state index >= 15 is 0 Å². The van der Waals surface area contributed by atoms with Gasteiger partial charge in [-0.1, -0.05) is 12.1 Å². The fraction of sp³-hybridized carbons (Fsp3) is 0.200. The van der Waals surface area contributed by atoms with Gasteiger partial charge in [0.05, 0.1) is 11.0 Å². The molecule has 1 aromatic carbocycles. The molecule has 0 aliphatic rings. The van der Waals surface area contributed by atoms with Crippen LogP contribution in [0.25, 0.3) is 11.0 Å². The van der Waals surface area contributed by atoms with Gasteiger partial charge in [0.2, 0.25) is 11.9 Å². The lowest BCUT2D eigenvalue weighted by Gasteiger charge is -2.05. The SMILES string of the molecule is Cn1c(NC(=O)CCn2ccc(C(=O)O)n2)nc2ccccc21. The lowest BCUT2D eigenvalue weighted by atomic mass is 10.3. The fourth-order valence-corrected chi connectivity index (χ4v) is 2.26. The standard InChI is InChI=1S/C15H15N5O3/c1-19-12-5-3-2-4-10(12)16-15(19)17-13(21)7-9-20-8-6-11(18-20)14(22)23/h2-6,8H,7,9H2,1H3,(H,22,23)(H,16,17,21). The molecule has 8 nitrogen and oxygen atoms in total. The number of aromatic nitrogens is 4. The lowest BCUT2D eigenvalue weighted by Crippen LogP contribution is -2.17. The number of nitrogens with zero attached hydrogens (tertiary/aromatic N) is 4. The van der Waals surface area contributed by atoms with Crippen LogP contribution in [0.3, 0.4) is 0 Å². The number of fused-ring (bicyclic) bond motifs is 1. The van der Waals surface area contributed by atoms with Crippen LogP contribution < -0.4 is 5.32 Å². The van der Waals surface area contributed by atoms with Crippen molar-refractivity contribution in [1.29, 1.82) is 0 Å². The highest BCUT2D eigenvalue weighted by atomic mass is 16.4. The summed E-state index contributed by atoms with van der Waals surface area (Å²) < 4.78 is 3.24. The number of hydrogen-bond acceptors (Lipinski definition) is 4. The van der Waals surface area contributed by atoms with Crippen molar-refractivity contribution < 1.29 is 14.7 Å². The third kappa shape index (κ3) is 3.05. The molecule has 0 saturated heterocycles. The van der Waals surface area contributed by atoms with Crippen LogP contribution in [-0.2, 0) is 18.4 Å². The lowest BCUT2D eigenvalue weighted by molar-refractivity contribution is -0.116. The predicted octanol–water partition coefficient (Wildman–Crippen LogP) is 1.50. The van der Waals surface area contributed by atoms with Crippen LogP contribution in [0.15, 0.2) is 36.5 Å². The van der Waals surface area contributed by atoms with E-state index in [4.69, 9.17) is 5.11 Å². The van der Waals surface area contributed by atoms with Gasteiger partial charge in [0.1, 0.15) is 0 Å². The van der Waals surface area contributed by atoms with Gasteiger partial charge in [-0.2, -0.15) is 5.10 Å². The third-order valence-electron chi connectivity index (χ3n) is 3.47. The molecule has 0 aliphatic carbocycles. The number of nitrogens with one attached hydrogen (secondary N) is 1. The van der Waals surface area contributed by atoms with Gasteiger partial charge in [-0.15, -0.1) is 0 Å². The van der Waals surface area contributed by atoms with Crippen LogP contribution in [0.2, 0.25) is 0 Å². The Morgan fingerprint density at radius 1 is 1.26 bits per heavy atom. The Labute approximate surface area is 131 Å². The molecule has 0 bridgehead atoms. The Bertz CT molecular complexity index is 880. The minimum Gasteiger partial charge on any atom is -0.476 e. The number of hydrogen-bond donors (Lipinski definition) is 2. The first kappa shape index (κ1) is 14.8. The zero-order valence-corrected chi connectivity index (χ0v) is 12.4. The highest BCUT2D eigenvalue weighted by Crippen LogP contribution is 2.17. The van der Waals surface area contributed by atoms with Gasteiger partial charge in [0.15, 0.2) is 5.69 Å². The fourth-order valence-electron chi connectivity index (χ4n) is 2.26. The molecule has 0 saturated carbocycles. The van der Waals surface area contributed by atoms with E-state index in [1.54, 1.807) is 0 Å². The quantitative estimate of drug-likeness (QED) is 0.743. The molecule has 0 spiro atoms. The molecule has 0 atom stereocenters. The summed E-state index contributed by atoms with van der Waals surface area (Å²) in [6.45, 7) is 0.295. The largest absolute Gasteiger partial charge is 0.476 e. The van der Waals surface area contributed by atoms with Crippen LogP contribution in [0, 0.1) is 0 Å². The summed E-state index contributed by atoms with van der Waals surface area (Å²) in [7, 11) is 1.83. The molecule has 2 N–H and O–H groups in total. The number of imidazole rings is 1. The monoisotopic (exact) mass is 313 g/mol. The van der Waals surface area contributed by atoms with Gasteiger partial charge in [-0.3, -0.25) is 14.8 Å². The molecule has 2 heterocycles. The van der Waals surface area contributed by atoms with Crippen LogP contribution in [0.1, 0.15) is 16.9 Å². The van der Waals surface area contributed by atoms with Crippen molar-refractivity contribution in [3.05, 3.63) is 42.2 Å². The highest BCUT2D eigenvalue weighted by molar-refractivity contribution is 5.91. The van der Waals surface area contributed by atoms with E-state index in [0.29, 0.717) is 12.5 Å². The molecule has 3 rings (SSSR count). The average molecular weight is 313 g/mol. The van der Waals surface area contributed by atoms with E-state index in [9.17, 15) is 9.59 Å². The molecule has 1 amide bonds. The molecule has 8 heteroatoms. The molecule has 0 fully saturated rings. The Kier molecular flexibility index (Phi) is 3.80. The van der Waals surface area contributed by atoms with Crippen molar-refractivity contribution in [3.8, 4) is 0 Å². The van der Waals surface area contributed by atoms with Gasteiger partial charge in [0, 0.05) is 26.2 Å². The molecular weight excluding hydrogens is 298 g/mol. The summed E-state index contributed by atoms with van der Waals surface area (Å²) in [5.74, 6) is -0.827. The van der Waals surface area contributed by atoms with E-state index in [1.807, 2.05) is 35.9 Å². The van der Waals surface area contributed by atoms with Crippen molar-refractivity contribution in [2.75, 3.05) is 5.32 Å². The number of amides is 1. The summed E-state index contributed by atoms with van der Waals surface area (Å²) in [6.07, 6.45) is 1.70. The zero-order chi connectivity index (χ0) is 16.4. The molecular formula is C15H15N5O3. The van der Waals surface area contributed by atoms with Crippen LogP contribution in [0.4, 0.5) is 5.95 Å². The van der Waals surface area contributed by atoms with Crippen molar-refractivity contribution in [2.45, 2.75) is 13.0 Å². The van der Waals surface area contributed by atoms with E-state index in [2.05, 4.69) is 15.4 Å². The average Bonchev–Trinajstić information content (AvgIpc) is 3.12. The first-order chi connectivity index (χ1) is 11.0. The summed E-state index contributed by atoms with van der Waals surface area (Å²) >= 11 is 0. The molecule has 0 aliphatic heterocycles. The molecule has 0 radical (unpaired) electrons. The summed E-state index contributed by atoms with van der Waals surface area (Å²) in [4.78, 5) is 27.1. The second kappa shape index (κ2) is 5.91. The Morgan fingerprint density at radius 2 is 2.04 bits per heavy atom. The molecule has 23 heavy (non-hydrogen) atoms. The van der Waals surface area contributed by atoms with Gasteiger partial charge >= 0.3 is 5.97 Å². The molecule has 2 aromatic heterocycles. The summed E-state index contributed by atoms with van der Waals surface area (Å²) in [5, 5.41) is 15.4. The van der Waals surface area contributed by atoms with Gasteiger partial charge < -0.3 is 9.67 Å². The van der Waals surface area contributed by atoms with Crippen molar-refractivity contribution in [2.24, 2.45) is 7.05 Å². The summed E-state index contributed by atoms with van der Waals surface area (Å²) in [5.41, 5.74) is 1.70. The number of aromatic carboxylic acids is 1. The third-order valence-corrected chi connectivity index (χ3v) is 3.47. The number of carboxylic acid groups (broad SMARTS) is 1. The van der Waals surface area contributed by atoms with Gasteiger partial charge in [-0.05, 0) is 18.2 Å². The molecule has 0 unspecified atom stereocenters. The topological polar surface area (TPSA) is 102 Å². The van der Waals surface area contributed by atoms with E-state index in [-0.39, 0.29) is 18.0 Å². The smallest absolute Gasteiger partial charge is 0.356 e. The van der Waals surface area contributed by atoms with Crippen molar-refractivity contribution >= 4 is 28.9 Å². The van der Waals surface area contributed by atoms with Crippen LogP contribution >= 0.6 is 0 Å². The number of benzene rings is 1. The van der Waals surface area contributed by atoms with Gasteiger partial charge in [-0.25, -0.2) is 9.78 Å². The van der Waals surface area contributed by atoms with Crippen molar-refractivity contribution in [3.63, 3.8) is 0 Å². The number of para-hydroxylation sites is 2. The Balaban J connectivity index is 1.64. The Hall–Kier alpha value is -3.16. The molecule has 118 valence electrons. The normalized spacial score (nSPS) is 10.8. The number of carbonyl (C=O) groups excluding carboxylic acids is 1.